The summed E-state index contributed by atoms with van der Waals surface area (Å²) in [5, 5.41) is 20.2. The number of anilines is 2. The number of pyridine rings is 2. The van der Waals surface area contributed by atoms with Gasteiger partial charge in [0.2, 0.25) is 0 Å². The summed E-state index contributed by atoms with van der Waals surface area (Å²) < 4.78 is 14.0. The number of nitrogens with zero attached hydrogens (tertiary/aromatic N) is 4. The van der Waals surface area contributed by atoms with Crippen LogP contribution in [0.2, 0.25) is 0 Å². The third-order valence-electron chi connectivity index (χ3n) is 7.71. The first-order valence-corrected chi connectivity index (χ1v) is 14.2. The molecule has 1 fully saturated rings. The van der Waals surface area contributed by atoms with E-state index in [1.165, 1.54) is 12.1 Å². The highest BCUT2D eigenvalue weighted by atomic mass is 19.1. The van der Waals surface area contributed by atoms with Gasteiger partial charge in [0.1, 0.15) is 19.7 Å². The van der Waals surface area contributed by atoms with Crippen LogP contribution < -0.4 is 21.6 Å². The van der Waals surface area contributed by atoms with Gasteiger partial charge in [-0.2, -0.15) is 5.26 Å². The van der Waals surface area contributed by atoms with Crippen molar-refractivity contribution in [1.29, 1.82) is 5.26 Å². The Morgan fingerprint density at radius 1 is 1.12 bits per heavy atom. The summed E-state index contributed by atoms with van der Waals surface area (Å²) in [4.78, 5) is 9.38. The average Bonchev–Trinajstić information content (AvgIpc) is 3.71. The first-order valence-electron chi connectivity index (χ1n) is 14.2. The number of nitriles is 1. The maximum absolute atomic E-state index is 14.0. The molecule has 0 spiro atoms. The molecule has 2 aliphatic rings. The van der Waals surface area contributed by atoms with Gasteiger partial charge in [-0.15, -0.1) is 5.53 Å². The lowest BCUT2D eigenvalue weighted by Crippen LogP contribution is -2.45. The van der Waals surface area contributed by atoms with Gasteiger partial charge in [0.05, 0.1) is 33.6 Å². The Kier molecular flexibility index (Phi) is 6.99. The van der Waals surface area contributed by atoms with E-state index in [1.54, 1.807) is 24.5 Å². The molecule has 10 heteroatoms. The van der Waals surface area contributed by atoms with Crippen LogP contribution in [0.1, 0.15) is 44.7 Å². The molecule has 42 heavy (non-hydrogen) atoms. The van der Waals surface area contributed by atoms with E-state index in [0.717, 1.165) is 57.6 Å². The molecule has 2 aromatic carbocycles. The Bertz CT molecular complexity index is 1690. The van der Waals surface area contributed by atoms with Crippen molar-refractivity contribution in [2.75, 3.05) is 17.2 Å². The summed E-state index contributed by atoms with van der Waals surface area (Å²) in [6, 6.07) is 19.2. The Morgan fingerprint density at radius 3 is 2.57 bits per heavy atom. The summed E-state index contributed by atoms with van der Waals surface area (Å²) in [6.07, 6.45) is 7.74. The molecule has 0 saturated heterocycles. The van der Waals surface area contributed by atoms with E-state index in [0.29, 0.717) is 18.2 Å². The normalized spacial score (nSPS) is 16.4. The minimum absolute atomic E-state index is 0.00972. The molecule has 6 rings (SSSR count). The van der Waals surface area contributed by atoms with Crippen LogP contribution in [0.5, 0.6) is 0 Å². The van der Waals surface area contributed by atoms with Crippen molar-refractivity contribution in [3.8, 4) is 17.3 Å². The zero-order valence-electron chi connectivity index (χ0n) is 24.3. The van der Waals surface area contributed by atoms with Gasteiger partial charge in [-0.05, 0) is 60.2 Å². The van der Waals surface area contributed by atoms with Gasteiger partial charge in [0.15, 0.2) is 0 Å². The smallest absolute Gasteiger partial charge is 0.148 e. The fourth-order valence-corrected chi connectivity index (χ4v) is 5.22. The second-order valence-electron chi connectivity index (χ2n) is 12.4. The molecule has 0 bridgehead atoms. The van der Waals surface area contributed by atoms with Crippen LogP contribution in [0.3, 0.4) is 0 Å². The number of fused-ring (bicyclic) bond motifs is 1. The molecule has 4 N–H and O–H groups in total. The number of hydrogen-bond acceptors (Lipinski definition) is 8. The molecule has 8 nitrogen and oxygen atoms in total. The van der Waals surface area contributed by atoms with Crippen LogP contribution in [-0.4, -0.2) is 35.4 Å². The number of aromatic nitrogens is 2. The van der Waals surface area contributed by atoms with Crippen LogP contribution in [0.15, 0.2) is 78.9 Å². The molecule has 1 atom stereocenters. The highest BCUT2D eigenvalue weighted by Crippen LogP contribution is 2.39. The Labute approximate surface area is 246 Å². The molecule has 0 amide bonds. The van der Waals surface area contributed by atoms with Crippen molar-refractivity contribution in [3.05, 3.63) is 95.8 Å². The number of hydrazine groups is 2. The lowest BCUT2D eigenvalue weighted by Gasteiger charge is -2.34. The maximum Gasteiger partial charge on any atom is 0.148 e. The second kappa shape index (κ2) is 10.7. The van der Waals surface area contributed by atoms with E-state index in [4.69, 9.17) is 4.98 Å². The van der Waals surface area contributed by atoms with E-state index < -0.39 is 5.44 Å². The molecule has 1 saturated carbocycles. The number of rotatable bonds is 8. The molecule has 1 aliphatic carbocycles. The van der Waals surface area contributed by atoms with Crippen molar-refractivity contribution in [2.45, 2.75) is 45.1 Å². The monoisotopic (exact) mass is 560 g/mol. The molecule has 2 aromatic heterocycles. The average molecular weight is 560 g/mol. The van der Waals surface area contributed by atoms with Gasteiger partial charge >= 0.3 is 0 Å². The third kappa shape index (κ3) is 5.48. The lowest BCUT2D eigenvalue weighted by molar-refractivity contribution is 0.260. The molecular formula is C32H34BFN8. The predicted octanol–water partition coefficient (Wildman–Crippen LogP) is 4.99. The molecule has 1 aliphatic heterocycles. The summed E-state index contributed by atoms with van der Waals surface area (Å²) in [5.41, 5.74) is 12.0. The second-order valence-corrected chi connectivity index (χ2v) is 12.4. The fraction of sp³-hybridized carbons (Fsp3) is 0.281. The summed E-state index contributed by atoms with van der Waals surface area (Å²) in [5.74, 6) is -0.292. The van der Waals surface area contributed by atoms with E-state index in [-0.39, 0.29) is 11.2 Å². The van der Waals surface area contributed by atoms with Gasteiger partial charge in [-0.3, -0.25) is 15.0 Å². The molecule has 4 aromatic rings. The minimum atomic E-state index is -0.765. The van der Waals surface area contributed by atoms with Crippen molar-refractivity contribution >= 4 is 30.1 Å². The van der Waals surface area contributed by atoms with E-state index in [1.807, 2.05) is 30.3 Å². The minimum Gasteiger partial charge on any atom is -0.383 e. The maximum atomic E-state index is 14.0. The quantitative estimate of drug-likeness (QED) is 0.224. The molecular weight excluding hydrogens is 526 g/mol. The van der Waals surface area contributed by atoms with Crippen molar-refractivity contribution in [1.82, 2.24) is 25.9 Å². The summed E-state index contributed by atoms with van der Waals surface area (Å²) in [7, 11) is 2.07. The van der Waals surface area contributed by atoms with E-state index in [9.17, 15) is 9.65 Å². The van der Waals surface area contributed by atoms with Crippen LogP contribution in [0.25, 0.3) is 22.2 Å². The lowest BCUT2D eigenvalue weighted by atomic mass is 9.69. The van der Waals surface area contributed by atoms with Gasteiger partial charge in [0, 0.05) is 47.8 Å². The van der Waals surface area contributed by atoms with Crippen molar-refractivity contribution in [2.24, 2.45) is 5.41 Å². The number of nitrogens with one attached hydrogen (secondary N) is 4. The van der Waals surface area contributed by atoms with E-state index in [2.05, 4.69) is 72.5 Å². The third-order valence-corrected chi connectivity index (χ3v) is 7.71. The predicted molar refractivity (Wildman–Crippen MR) is 167 cm³/mol. The fourth-order valence-electron chi connectivity index (χ4n) is 5.22. The van der Waals surface area contributed by atoms with Gasteiger partial charge in [0.25, 0.3) is 0 Å². The zero-order valence-corrected chi connectivity index (χ0v) is 24.3. The topological polar surface area (TPSA) is 101 Å². The standard InChI is InChI=1S/C32H34BFN8/c1-31(2,3)19-38-29-20(16-35)17-37-30-25(27-6-4-5-13-36-27)14-23(15-26(29)30)39-32(33,21-7-9-22(34)10-8-21)28-18-42(41-40-28)24-11-12-24/h4-10,13-15,17-18,24,39-41H,11-12,19,33H2,1-3H3,(H,37,38). The number of hydrogen-bond donors (Lipinski definition) is 4. The highest BCUT2D eigenvalue weighted by molar-refractivity contribution is 6.19. The first kappa shape index (κ1) is 27.5. The molecule has 1 unspecified atom stereocenters. The number of benzene rings is 2. The summed E-state index contributed by atoms with van der Waals surface area (Å²) >= 11 is 0. The van der Waals surface area contributed by atoms with Crippen molar-refractivity contribution in [3.63, 3.8) is 0 Å². The van der Waals surface area contributed by atoms with Crippen LogP contribution in [-0.2, 0) is 5.44 Å². The summed E-state index contributed by atoms with van der Waals surface area (Å²) in [6.45, 7) is 7.12. The van der Waals surface area contributed by atoms with Crippen LogP contribution in [0.4, 0.5) is 15.8 Å². The molecule has 3 heterocycles. The molecule has 212 valence electrons. The Morgan fingerprint density at radius 2 is 1.90 bits per heavy atom. The zero-order chi connectivity index (χ0) is 29.5. The van der Waals surface area contributed by atoms with Gasteiger partial charge < -0.3 is 16.1 Å². The SMILES string of the molecule is BC(Nc1cc(-c2ccccn2)c2ncc(C#N)c(NCC(C)(C)C)c2c1)(C1=CN(C2CC2)NN1)c1ccc(F)cc1. The van der Waals surface area contributed by atoms with Gasteiger partial charge in [-0.25, -0.2) is 4.39 Å². The Hall–Kier alpha value is -4.62. The van der Waals surface area contributed by atoms with Crippen molar-refractivity contribution < 1.29 is 4.39 Å². The van der Waals surface area contributed by atoms with Crippen LogP contribution in [0, 0.1) is 22.6 Å². The highest BCUT2D eigenvalue weighted by Gasteiger charge is 2.38. The first-order chi connectivity index (χ1) is 20.1. The number of halogens is 1. The Balaban J connectivity index is 1.53. The van der Waals surface area contributed by atoms with Gasteiger partial charge in [-0.1, -0.05) is 39.0 Å². The molecule has 0 radical (unpaired) electrons. The van der Waals surface area contributed by atoms with E-state index >= 15 is 0 Å². The van der Waals surface area contributed by atoms with Crippen LogP contribution >= 0.6 is 0 Å². The largest absolute Gasteiger partial charge is 0.383 e.